The molecule has 4 rings (SSSR count). The van der Waals surface area contributed by atoms with E-state index in [9.17, 15) is 18.4 Å². The number of hydrogen-bond acceptors (Lipinski definition) is 4. The van der Waals surface area contributed by atoms with Gasteiger partial charge in [0.25, 0.3) is 5.91 Å². The summed E-state index contributed by atoms with van der Waals surface area (Å²) in [5.74, 6) is -1.94. The van der Waals surface area contributed by atoms with Crippen molar-refractivity contribution in [1.82, 2.24) is 25.4 Å². The van der Waals surface area contributed by atoms with Gasteiger partial charge in [-0.25, -0.2) is 8.78 Å². The van der Waals surface area contributed by atoms with E-state index in [2.05, 4.69) is 27.3 Å². The first kappa shape index (κ1) is 24.5. The van der Waals surface area contributed by atoms with E-state index in [1.807, 2.05) is 6.07 Å². The molecule has 0 unspecified atom stereocenters. The van der Waals surface area contributed by atoms with Gasteiger partial charge in [0.1, 0.15) is 11.6 Å². The van der Waals surface area contributed by atoms with Crippen LogP contribution in [0.1, 0.15) is 21.5 Å². The minimum atomic E-state index is -0.734. The highest BCUT2D eigenvalue weighted by atomic mass is 19.1. The summed E-state index contributed by atoms with van der Waals surface area (Å²) in [5.41, 5.74) is 3.73. The summed E-state index contributed by atoms with van der Waals surface area (Å²) in [5, 5.41) is 9.97. The molecule has 9 heteroatoms. The zero-order valence-corrected chi connectivity index (χ0v) is 19.5. The van der Waals surface area contributed by atoms with E-state index < -0.39 is 11.6 Å². The third kappa shape index (κ3) is 5.52. The Hall–Kier alpha value is -4.66. The van der Waals surface area contributed by atoms with Gasteiger partial charge in [-0.05, 0) is 53.6 Å². The van der Waals surface area contributed by atoms with Gasteiger partial charge in [-0.15, -0.1) is 0 Å². The Morgan fingerprint density at radius 3 is 2.64 bits per heavy atom. The average molecular weight is 488 g/mol. The molecule has 0 fully saturated rings. The van der Waals surface area contributed by atoms with Crippen LogP contribution in [0.5, 0.6) is 0 Å². The molecule has 0 atom stereocenters. The molecule has 0 saturated heterocycles. The molecule has 0 saturated carbocycles. The van der Waals surface area contributed by atoms with Crippen LogP contribution < -0.4 is 10.6 Å². The Morgan fingerprint density at radius 2 is 1.89 bits per heavy atom. The SMILES string of the molecule is C=CC(=O)NCc1cnc(-c2ccc(F)cc2F)cc1-c1ccn(Cc2cccc(C(=O)NC)c2)n1. The van der Waals surface area contributed by atoms with Crippen molar-refractivity contribution in [3.8, 4) is 22.5 Å². The number of benzene rings is 2. The van der Waals surface area contributed by atoms with Crippen LogP contribution in [-0.2, 0) is 17.9 Å². The highest BCUT2D eigenvalue weighted by Crippen LogP contribution is 2.29. The molecular formula is C27H23F2N5O2. The summed E-state index contributed by atoms with van der Waals surface area (Å²) < 4.78 is 29.6. The predicted molar refractivity (Wildman–Crippen MR) is 132 cm³/mol. The molecule has 2 amide bonds. The van der Waals surface area contributed by atoms with Crippen LogP contribution in [0.15, 0.2) is 79.6 Å². The Balaban J connectivity index is 1.68. The number of amides is 2. The van der Waals surface area contributed by atoms with Crippen LogP contribution >= 0.6 is 0 Å². The molecule has 0 aliphatic carbocycles. The zero-order chi connectivity index (χ0) is 25.7. The second kappa shape index (κ2) is 10.7. The van der Waals surface area contributed by atoms with Gasteiger partial charge in [0.2, 0.25) is 5.91 Å². The van der Waals surface area contributed by atoms with Crippen molar-refractivity contribution in [2.24, 2.45) is 0 Å². The van der Waals surface area contributed by atoms with E-state index in [0.717, 1.165) is 17.7 Å². The van der Waals surface area contributed by atoms with Crippen LogP contribution in [0, 0.1) is 11.6 Å². The number of pyridine rings is 1. The Morgan fingerprint density at radius 1 is 1.06 bits per heavy atom. The standard InChI is InChI=1S/C27H23F2N5O2/c1-3-26(35)32-15-19-14-31-25(21-8-7-20(28)12-23(21)29)13-22(19)24-9-10-34(33-24)16-17-5-4-6-18(11-17)27(36)30-2/h3-14H,1,15-16H2,2H3,(H,30,36)(H,32,35). The molecule has 0 aliphatic heterocycles. The molecule has 2 aromatic heterocycles. The first-order valence-corrected chi connectivity index (χ1v) is 11.1. The Labute approximate surface area is 206 Å². The number of hydrogen-bond donors (Lipinski definition) is 2. The van der Waals surface area contributed by atoms with E-state index in [4.69, 9.17) is 0 Å². The maximum Gasteiger partial charge on any atom is 0.251 e. The van der Waals surface area contributed by atoms with Crippen LogP contribution in [0.4, 0.5) is 8.78 Å². The molecule has 2 N–H and O–H groups in total. The number of carbonyl (C=O) groups is 2. The van der Waals surface area contributed by atoms with Crippen molar-refractivity contribution >= 4 is 11.8 Å². The van der Waals surface area contributed by atoms with E-state index in [0.29, 0.717) is 34.6 Å². The second-order valence-corrected chi connectivity index (χ2v) is 7.95. The second-order valence-electron chi connectivity index (χ2n) is 7.95. The molecule has 4 aromatic rings. The van der Waals surface area contributed by atoms with Crippen LogP contribution in [0.3, 0.4) is 0 Å². The molecule has 2 heterocycles. The third-order valence-corrected chi connectivity index (χ3v) is 5.51. The summed E-state index contributed by atoms with van der Waals surface area (Å²) in [6.07, 6.45) is 4.48. The molecule has 0 spiro atoms. The van der Waals surface area contributed by atoms with Gasteiger partial charge in [-0.3, -0.25) is 19.3 Å². The van der Waals surface area contributed by atoms with Crippen molar-refractivity contribution in [3.05, 3.63) is 108 Å². The van der Waals surface area contributed by atoms with Crippen molar-refractivity contribution in [1.29, 1.82) is 0 Å². The minimum Gasteiger partial charge on any atom is -0.355 e. The van der Waals surface area contributed by atoms with E-state index in [-0.39, 0.29) is 23.9 Å². The number of aromatic nitrogens is 3. The van der Waals surface area contributed by atoms with Crippen LogP contribution in [-0.4, -0.2) is 33.6 Å². The van der Waals surface area contributed by atoms with E-state index >= 15 is 0 Å². The average Bonchev–Trinajstić information content (AvgIpc) is 3.35. The minimum absolute atomic E-state index is 0.143. The summed E-state index contributed by atoms with van der Waals surface area (Å²) in [4.78, 5) is 28.0. The fourth-order valence-electron chi connectivity index (χ4n) is 3.70. The molecule has 2 aromatic carbocycles. The van der Waals surface area contributed by atoms with Gasteiger partial charge in [0.05, 0.1) is 17.9 Å². The number of nitrogens with zero attached hydrogens (tertiary/aromatic N) is 3. The van der Waals surface area contributed by atoms with Crippen LogP contribution in [0.25, 0.3) is 22.5 Å². The number of nitrogens with one attached hydrogen (secondary N) is 2. The quantitative estimate of drug-likeness (QED) is 0.366. The highest BCUT2D eigenvalue weighted by molar-refractivity contribution is 5.94. The fraction of sp³-hybridized carbons (Fsp3) is 0.111. The number of rotatable bonds is 8. The van der Waals surface area contributed by atoms with Crippen LogP contribution in [0.2, 0.25) is 0 Å². The first-order chi connectivity index (χ1) is 17.4. The molecular weight excluding hydrogens is 464 g/mol. The molecule has 182 valence electrons. The molecule has 7 nitrogen and oxygen atoms in total. The maximum absolute atomic E-state index is 14.4. The van der Waals surface area contributed by atoms with Gasteiger partial charge >= 0.3 is 0 Å². The summed E-state index contributed by atoms with van der Waals surface area (Å²) >= 11 is 0. The van der Waals surface area contributed by atoms with Crippen molar-refractivity contribution in [2.75, 3.05) is 7.05 Å². The lowest BCUT2D eigenvalue weighted by atomic mass is 10.0. The summed E-state index contributed by atoms with van der Waals surface area (Å²) in [6.45, 7) is 4.02. The van der Waals surface area contributed by atoms with Gasteiger partial charge in [-0.1, -0.05) is 18.7 Å². The van der Waals surface area contributed by atoms with Gasteiger partial charge < -0.3 is 10.6 Å². The van der Waals surface area contributed by atoms with Crippen molar-refractivity contribution < 1.29 is 18.4 Å². The zero-order valence-electron chi connectivity index (χ0n) is 19.5. The number of halogens is 2. The van der Waals surface area contributed by atoms with Gasteiger partial charge in [-0.2, -0.15) is 5.10 Å². The fourth-order valence-corrected chi connectivity index (χ4v) is 3.70. The lowest BCUT2D eigenvalue weighted by Crippen LogP contribution is -2.20. The normalized spacial score (nSPS) is 10.6. The topological polar surface area (TPSA) is 88.9 Å². The molecule has 36 heavy (non-hydrogen) atoms. The van der Waals surface area contributed by atoms with Crippen molar-refractivity contribution in [2.45, 2.75) is 13.1 Å². The third-order valence-electron chi connectivity index (χ3n) is 5.51. The predicted octanol–water partition coefficient (Wildman–Crippen LogP) is 4.10. The molecule has 0 bridgehead atoms. The Kier molecular flexibility index (Phi) is 7.29. The van der Waals surface area contributed by atoms with Gasteiger partial charge in [0.15, 0.2) is 0 Å². The van der Waals surface area contributed by atoms with E-state index in [1.165, 1.54) is 18.3 Å². The number of carbonyl (C=O) groups excluding carboxylic acids is 2. The lowest BCUT2D eigenvalue weighted by molar-refractivity contribution is -0.116. The van der Waals surface area contributed by atoms with E-state index in [1.54, 1.807) is 48.3 Å². The summed E-state index contributed by atoms with van der Waals surface area (Å²) in [7, 11) is 1.57. The first-order valence-electron chi connectivity index (χ1n) is 11.1. The van der Waals surface area contributed by atoms with Crippen molar-refractivity contribution in [3.63, 3.8) is 0 Å². The Bertz CT molecular complexity index is 1450. The maximum atomic E-state index is 14.4. The largest absolute Gasteiger partial charge is 0.355 e. The summed E-state index contributed by atoms with van der Waals surface area (Å²) in [6, 6.07) is 14.0. The molecule has 0 aliphatic rings. The lowest BCUT2D eigenvalue weighted by Gasteiger charge is -2.11. The monoisotopic (exact) mass is 487 g/mol. The highest BCUT2D eigenvalue weighted by Gasteiger charge is 2.15. The molecule has 0 radical (unpaired) electrons. The van der Waals surface area contributed by atoms with Gasteiger partial charge in [0, 0.05) is 48.7 Å². The smallest absolute Gasteiger partial charge is 0.251 e.